The second kappa shape index (κ2) is 32.8. The molecule has 27 nitrogen and oxygen atoms in total. The molecular formula is C56H93N15O12. The van der Waals surface area contributed by atoms with E-state index in [0.29, 0.717) is 57.2 Å². The highest BCUT2D eigenvalue weighted by Gasteiger charge is 2.44. The molecule has 0 bridgehead atoms. The first-order valence-corrected chi connectivity index (χ1v) is 29.9. The molecular weight excluding hydrogens is 1070 g/mol. The van der Waals surface area contributed by atoms with Crippen LogP contribution in [-0.2, 0) is 54.4 Å². The molecule has 0 aromatic carbocycles. The van der Waals surface area contributed by atoms with E-state index in [9.17, 15) is 58.2 Å². The molecule has 4 heterocycles. The minimum Gasteiger partial charge on any atom is -0.480 e. The summed E-state index contributed by atoms with van der Waals surface area (Å²) in [5.41, 5.74) is 17.7. The number of carboxylic acid groups (broad SMARTS) is 1. The van der Waals surface area contributed by atoms with Crippen LogP contribution < -0.4 is 49.1 Å². The van der Waals surface area contributed by atoms with Crippen molar-refractivity contribution < 1.29 is 58.2 Å². The number of likely N-dealkylation sites (tertiary alicyclic amines) is 3. The third-order valence-corrected chi connectivity index (χ3v) is 16.2. The van der Waals surface area contributed by atoms with Crippen LogP contribution in [0.3, 0.4) is 0 Å². The molecule has 4 fully saturated rings. The normalized spacial score (nSPS) is 20.8. The number of nitrogens with two attached hydrogens (primary N) is 3. The van der Waals surface area contributed by atoms with Gasteiger partial charge in [0, 0.05) is 44.5 Å². The molecule has 0 radical (unpaired) electrons. The molecule has 83 heavy (non-hydrogen) atoms. The second-order valence-corrected chi connectivity index (χ2v) is 23.5. The fourth-order valence-electron chi connectivity index (χ4n) is 11.6. The lowest BCUT2D eigenvalue weighted by atomic mass is 9.84. The van der Waals surface area contributed by atoms with Gasteiger partial charge in [-0.15, -0.1) is 0 Å². The third kappa shape index (κ3) is 19.6. The molecule has 27 heteroatoms. The Kier molecular flexibility index (Phi) is 26.4. The fourth-order valence-corrected chi connectivity index (χ4v) is 11.6. The Morgan fingerprint density at radius 3 is 1.75 bits per heavy atom. The van der Waals surface area contributed by atoms with Gasteiger partial charge in [0.2, 0.25) is 53.2 Å². The molecule has 0 unspecified atom stereocenters. The number of aliphatic hydroxyl groups is 1. The van der Waals surface area contributed by atoms with Crippen molar-refractivity contribution in [1.29, 1.82) is 0 Å². The smallest absolute Gasteiger partial charge is 0.326 e. The second-order valence-electron chi connectivity index (χ2n) is 23.5. The van der Waals surface area contributed by atoms with E-state index in [1.807, 2.05) is 20.8 Å². The van der Waals surface area contributed by atoms with E-state index in [0.717, 1.165) is 44.9 Å². The fraction of sp³-hybridized carbons (Fsp3) is 0.750. The van der Waals surface area contributed by atoms with Gasteiger partial charge in [-0.1, -0.05) is 79.6 Å². The molecule has 9 amide bonds. The van der Waals surface area contributed by atoms with Gasteiger partial charge in [-0.05, 0) is 88.4 Å². The third-order valence-electron chi connectivity index (χ3n) is 16.2. The molecule has 3 aliphatic heterocycles. The number of aliphatic hydroxyl groups excluding tert-OH is 1. The van der Waals surface area contributed by atoms with E-state index >= 15 is 0 Å². The number of aromatic amines is 1. The summed E-state index contributed by atoms with van der Waals surface area (Å²) in [6.07, 6.45) is 12.4. The first-order valence-electron chi connectivity index (χ1n) is 29.9. The molecule has 464 valence electrons. The number of nitrogens with one attached hydrogen (secondary N) is 7. The van der Waals surface area contributed by atoms with E-state index in [1.165, 1.54) is 27.2 Å². The number of unbranched alkanes of at least 4 members (excludes halogenated alkanes) is 1. The number of amides is 9. The van der Waals surface area contributed by atoms with E-state index < -0.39 is 126 Å². The predicted molar refractivity (Wildman–Crippen MR) is 306 cm³/mol. The Morgan fingerprint density at radius 1 is 0.651 bits per heavy atom. The van der Waals surface area contributed by atoms with Gasteiger partial charge in [0.05, 0.1) is 19.0 Å². The standard InChI is InChI=1S/C56H93N15O12/c1-6-7-17-36(57)52(79)69-23-12-19-42(69)50(77)65-38(26-32(2)3)47(74)64-39(28-35-29-60-31-62-35)48(75)67-41(30-72)49(76)63-37(18-11-22-61-56(58)59)46(73)68-45(33(4)5)54(81)70-24-13-20-43(70)51(78)66-40(27-34-15-9-8-10-16-34)53(80)71-25-14-21-44(71)55(82)83/h29,31-34,36-45,72H,6-28,30,57H2,1-5H3,(H,60,62)(H,63,76)(H,64,74)(H,65,77)(H,66,78)(H,67,75)(H,68,73)(H,82,83)(H4,58,59,61)/t36-,37-,38-,39-,40-,41-,42-,43-,44-,45-/m0/s1. The van der Waals surface area contributed by atoms with Gasteiger partial charge in [-0.3, -0.25) is 48.1 Å². The first-order chi connectivity index (χ1) is 39.5. The van der Waals surface area contributed by atoms with Crippen LogP contribution in [-0.4, -0.2) is 193 Å². The average molecular weight is 1170 g/mol. The van der Waals surface area contributed by atoms with Gasteiger partial charge in [-0.2, -0.15) is 0 Å². The maximum absolute atomic E-state index is 14.6. The van der Waals surface area contributed by atoms with Crippen LogP contribution in [0.15, 0.2) is 17.5 Å². The van der Waals surface area contributed by atoms with Crippen LogP contribution in [0.25, 0.3) is 0 Å². The number of nitrogens with zero attached hydrogens (tertiary/aromatic N) is 5. The zero-order valence-electron chi connectivity index (χ0n) is 49.1. The lowest BCUT2D eigenvalue weighted by Gasteiger charge is -2.34. The maximum atomic E-state index is 14.6. The van der Waals surface area contributed by atoms with Crippen LogP contribution in [0, 0.1) is 17.8 Å². The highest BCUT2D eigenvalue weighted by atomic mass is 16.4. The van der Waals surface area contributed by atoms with Gasteiger partial charge in [0.1, 0.15) is 54.4 Å². The summed E-state index contributed by atoms with van der Waals surface area (Å²) >= 11 is 0. The quantitative estimate of drug-likeness (QED) is 0.0245. The number of carbonyl (C=O) groups is 10. The number of H-pyrrole nitrogens is 1. The number of aromatic nitrogens is 2. The summed E-state index contributed by atoms with van der Waals surface area (Å²) in [6, 6.07) is -11.6. The number of aliphatic carboxylic acids is 1. The molecule has 10 atom stereocenters. The van der Waals surface area contributed by atoms with Crippen LogP contribution in [0.1, 0.15) is 156 Å². The van der Waals surface area contributed by atoms with Crippen molar-refractivity contribution in [3.63, 3.8) is 0 Å². The number of hydrogen-bond acceptors (Lipinski definition) is 14. The van der Waals surface area contributed by atoms with Crippen molar-refractivity contribution in [3.8, 4) is 0 Å². The van der Waals surface area contributed by atoms with Crippen molar-refractivity contribution in [1.82, 2.24) is 56.6 Å². The van der Waals surface area contributed by atoms with Crippen LogP contribution in [0.2, 0.25) is 0 Å². The zero-order chi connectivity index (χ0) is 60.9. The number of imidazole rings is 1. The minimum atomic E-state index is -1.70. The summed E-state index contributed by atoms with van der Waals surface area (Å²) < 4.78 is 0. The van der Waals surface area contributed by atoms with Gasteiger partial charge in [-0.25, -0.2) is 9.78 Å². The monoisotopic (exact) mass is 1170 g/mol. The van der Waals surface area contributed by atoms with Crippen LogP contribution in [0.4, 0.5) is 0 Å². The lowest BCUT2D eigenvalue weighted by Crippen LogP contribution is -2.61. The van der Waals surface area contributed by atoms with Crippen molar-refractivity contribution in [2.45, 2.75) is 217 Å². The lowest BCUT2D eigenvalue weighted by molar-refractivity contribution is -0.150. The van der Waals surface area contributed by atoms with Gasteiger partial charge < -0.3 is 79.0 Å². The number of carbonyl (C=O) groups excluding carboxylic acids is 9. The number of carboxylic acids is 1. The summed E-state index contributed by atoms with van der Waals surface area (Å²) in [5.74, 6) is -7.85. The Morgan fingerprint density at radius 2 is 1.19 bits per heavy atom. The average Bonchev–Trinajstić information content (AvgIpc) is 4.47. The van der Waals surface area contributed by atoms with Crippen molar-refractivity contribution in [2.75, 3.05) is 32.8 Å². The predicted octanol–water partition coefficient (Wildman–Crippen LogP) is -0.846. The zero-order valence-corrected chi connectivity index (χ0v) is 49.1. The van der Waals surface area contributed by atoms with Gasteiger partial charge in [0.25, 0.3) is 0 Å². The Bertz CT molecular complexity index is 2400. The Hall–Kier alpha value is -6.90. The largest absolute Gasteiger partial charge is 0.480 e. The van der Waals surface area contributed by atoms with E-state index in [-0.39, 0.29) is 75.4 Å². The molecule has 4 aliphatic rings. The van der Waals surface area contributed by atoms with E-state index in [2.05, 4.69) is 46.9 Å². The molecule has 15 N–H and O–H groups in total. The van der Waals surface area contributed by atoms with Crippen molar-refractivity contribution in [3.05, 3.63) is 18.2 Å². The summed E-state index contributed by atoms with van der Waals surface area (Å²) in [5, 5.41) is 36.8. The number of aliphatic imine (C=N–C) groups is 1. The topological polar surface area (TPSA) is 412 Å². The molecule has 3 saturated heterocycles. The van der Waals surface area contributed by atoms with Crippen LogP contribution in [0.5, 0.6) is 0 Å². The minimum absolute atomic E-state index is 0.0374. The summed E-state index contributed by atoms with van der Waals surface area (Å²) in [6.45, 7) is 8.88. The molecule has 1 aromatic rings. The van der Waals surface area contributed by atoms with E-state index in [1.54, 1.807) is 13.8 Å². The van der Waals surface area contributed by atoms with Crippen LogP contribution >= 0.6 is 0 Å². The highest BCUT2D eigenvalue weighted by Crippen LogP contribution is 2.30. The van der Waals surface area contributed by atoms with Crippen molar-refractivity contribution in [2.24, 2.45) is 39.9 Å². The number of hydrogen-bond donors (Lipinski definition) is 12. The Balaban J connectivity index is 1.30. The summed E-state index contributed by atoms with van der Waals surface area (Å²) in [7, 11) is 0. The maximum Gasteiger partial charge on any atom is 0.326 e. The van der Waals surface area contributed by atoms with Gasteiger partial charge >= 0.3 is 5.97 Å². The molecule has 1 aliphatic carbocycles. The summed E-state index contributed by atoms with van der Waals surface area (Å²) in [4.78, 5) is 154. The van der Waals surface area contributed by atoms with Gasteiger partial charge in [0.15, 0.2) is 5.96 Å². The molecule has 1 saturated carbocycles. The number of guanidine groups is 1. The molecule has 1 aromatic heterocycles. The Labute approximate surface area is 486 Å². The SMILES string of the molecule is CCCC[C@H](N)C(=O)N1CCC[C@H]1C(=O)N[C@@H](CC(C)C)C(=O)N[C@@H](Cc1cnc[nH]1)C(=O)N[C@@H](CO)C(=O)N[C@@H](CCCN=C(N)N)C(=O)N[C@H](C(=O)N1CCC[C@H]1C(=O)N[C@@H](CC1CCCCC1)C(=O)N1CCC[C@H]1C(=O)O)C(C)C. The highest BCUT2D eigenvalue weighted by molar-refractivity contribution is 5.99. The molecule has 0 spiro atoms. The molecule has 5 rings (SSSR count). The first kappa shape index (κ1) is 66.9. The number of rotatable bonds is 31. The van der Waals surface area contributed by atoms with E-state index in [4.69, 9.17) is 17.2 Å². The van der Waals surface area contributed by atoms with Crippen molar-refractivity contribution >= 4 is 65.1 Å².